The third kappa shape index (κ3) is 11.8. The SMILES string of the molecule is O=C(O)C=Cc1ccc(OCCCCCCCC[Si](Cl)(Cl)Cl)cc1. The van der Waals surface area contributed by atoms with E-state index >= 15 is 0 Å². The van der Waals surface area contributed by atoms with Crippen LogP contribution < -0.4 is 4.74 Å². The molecule has 3 nitrogen and oxygen atoms in total. The van der Waals surface area contributed by atoms with Crippen molar-refractivity contribution in [1.82, 2.24) is 0 Å². The summed E-state index contributed by atoms with van der Waals surface area (Å²) in [6.45, 7) is 0.686. The number of hydrogen-bond donors (Lipinski definition) is 1. The molecule has 0 aliphatic carbocycles. The third-order valence-electron chi connectivity index (χ3n) is 3.42. The van der Waals surface area contributed by atoms with Crippen molar-refractivity contribution in [3.8, 4) is 5.75 Å². The molecule has 1 aromatic rings. The van der Waals surface area contributed by atoms with Crippen molar-refractivity contribution in [3.05, 3.63) is 35.9 Å². The first kappa shape index (κ1) is 21.4. The molecule has 1 N–H and O–H groups in total. The minimum Gasteiger partial charge on any atom is -0.494 e. The molecule has 0 bridgehead atoms. The van der Waals surface area contributed by atoms with Crippen LogP contribution in [-0.2, 0) is 4.79 Å². The number of aliphatic carboxylic acids is 1. The number of carboxylic acid groups (broad SMARTS) is 1. The molecule has 0 unspecified atom stereocenters. The molecule has 0 spiro atoms. The van der Waals surface area contributed by atoms with E-state index in [1.807, 2.05) is 24.3 Å². The largest absolute Gasteiger partial charge is 0.494 e. The lowest BCUT2D eigenvalue weighted by Crippen LogP contribution is -2.07. The summed E-state index contributed by atoms with van der Waals surface area (Å²) in [6.07, 6.45) is 9.27. The topological polar surface area (TPSA) is 46.5 Å². The van der Waals surface area contributed by atoms with Crippen LogP contribution in [0.2, 0.25) is 6.04 Å². The van der Waals surface area contributed by atoms with Gasteiger partial charge in [-0.1, -0.05) is 44.2 Å². The van der Waals surface area contributed by atoms with Crippen LogP contribution in [0.1, 0.15) is 44.1 Å². The van der Waals surface area contributed by atoms with Crippen molar-refractivity contribution in [2.45, 2.75) is 44.6 Å². The standard InChI is InChI=1S/C17H23Cl3O3Si/c18-24(19,20)14-6-4-2-1-3-5-13-23-16-10-7-15(8-11-16)9-12-17(21)22/h7-12H,1-6,13-14H2,(H,21,22). The van der Waals surface area contributed by atoms with Gasteiger partial charge in [-0.3, -0.25) is 0 Å². The highest BCUT2D eigenvalue weighted by molar-refractivity contribution is 7.64. The molecule has 0 aliphatic rings. The average molecular weight is 410 g/mol. The van der Waals surface area contributed by atoms with Crippen LogP contribution in [-0.4, -0.2) is 23.7 Å². The molecule has 1 rings (SSSR count). The van der Waals surface area contributed by atoms with E-state index in [4.69, 9.17) is 43.1 Å². The number of unbranched alkanes of at least 4 members (excludes halogenated alkanes) is 5. The van der Waals surface area contributed by atoms with Gasteiger partial charge < -0.3 is 9.84 Å². The highest BCUT2D eigenvalue weighted by Crippen LogP contribution is 2.27. The van der Waals surface area contributed by atoms with Crippen LogP contribution in [0.4, 0.5) is 0 Å². The summed E-state index contributed by atoms with van der Waals surface area (Å²) in [6, 6.07) is 5.69. The van der Waals surface area contributed by atoms with E-state index in [1.165, 1.54) is 12.8 Å². The van der Waals surface area contributed by atoms with Gasteiger partial charge in [0.2, 0.25) is 0 Å². The normalized spacial score (nSPS) is 11.8. The minimum absolute atomic E-state index is 0.686. The number of carbonyl (C=O) groups is 1. The van der Waals surface area contributed by atoms with Crippen molar-refractivity contribution in [2.24, 2.45) is 0 Å². The monoisotopic (exact) mass is 408 g/mol. The Hall–Kier alpha value is -0.683. The lowest BCUT2D eigenvalue weighted by molar-refractivity contribution is -0.131. The summed E-state index contributed by atoms with van der Waals surface area (Å²) >= 11 is 17.5. The van der Waals surface area contributed by atoms with E-state index in [-0.39, 0.29) is 0 Å². The van der Waals surface area contributed by atoms with E-state index in [2.05, 4.69) is 0 Å². The van der Waals surface area contributed by atoms with Gasteiger partial charge in [0.05, 0.1) is 6.61 Å². The number of benzene rings is 1. The van der Waals surface area contributed by atoms with Crippen molar-refractivity contribution < 1.29 is 14.6 Å². The number of hydrogen-bond acceptors (Lipinski definition) is 2. The summed E-state index contributed by atoms with van der Waals surface area (Å²) in [5, 5.41) is 8.57. The van der Waals surface area contributed by atoms with Gasteiger partial charge in [0.15, 0.2) is 0 Å². The van der Waals surface area contributed by atoms with Crippen LogP contribution >= 0.6 is 33.2 Å². The Morgan fingerprint density at radius 2 is 1.58 bits per heavy atom. The molecule has 0 heterocycles. The minimum atomic E-state index is -2.43. The van der Waals surface area contributed by atoms with Gasteiger partial charge >= 0.3 is 12.0 Å². The maximum Gasteiger partial charge on any atom is 0.341 e. The molecule has 0 radical (unpaired) electrons. The second-order valence-electron chi connectivity index (χ2n) is 5.58. The molecule has 24 heavy (non-hydrogen) atoms. The van der Waals surface area contributed by atoms with Gasteiger partial charge in [0.25, 0.3) is 0 Å². The zero-order chi connectivity index (χ0) is 17.8. The van der Waals surface area contributed by atoms with Crippen LogP contribution in [0.5, 0.6) is 5.75 Å². The molecule has 0 aromatic heterocycles. The Morgan fingerprint density at radius 3 is 2.17 bits per heavy atom. The number of carboxylic acids is 1. The van der Waals surface area contributed by atoms with Gasteiger partial charge in [-0.25, -0.2) is 4.79 Å². The fourth-order valence-electron chi connectivity index (χ4n) is 2.17. The summed E-state index contributed by atoms with van der Waals surface area (Å²) in [5.41, 5.74) is 0.836. The average Bonchev–Trinajstić information content (AvgIpc) is 2.51. The second-order valence-corrected chi connectivity index (χ2v) is 14.9. The summed E-state index contributed by atoms with van der Waals surface area (Å²) < 4.78 is 5.67. The quantitative estimate of drug-likeness (QED) is 0.195. The van der Waals surface area contributed by atoms with E-state index in [0.29, 0.717) is 6.61 Å². The first-order valence-corrected chi connectivity index (χ1v) is 13.3. The van der Waals surface area contributed by atoms with E-state index in [1.54, 1.807) is 6.08 Å². The molecular formula is C17H23Cl3O3Si. The Bertz CT molecular complexity index is 513. The van der Waals surface area contributed by atoms with E-state index in [0.717, 1.165) is 49.1 Å². The van der Waals surface area contributed by atoms with E-state index in [9.17, 15) is 4.79 Å². The fraction of sp³-hybridized carbons (Fsp3) is 0.471. The Kier molecular flexibility index (Phi) is 10.5. The lowest BCUT2D eigenvalue weighted by atomic mass is 10.1. The molecule has 0 atom stereocenters. The van der Waals surface area contributed by atoms with Crippen LogP contribution in [0.3, 0.4) is 0 Å². The maximum atomic E-state index is 10.4. The molecule has 0 fully saturated rings. The molecule has 0 aliphatic heterocycles. The molecule has 0 saturated heterocycles. The Labute approximate surface area is 158 Å². The molecule has 0 saturated carbocycles. The van der Waals surface area contributed by atoms with Crippen molar-refractivity contribution in [2.75, 3.05) is 6.61 Å². The summed E-state index contributed by atoms with van der Waals surface area (Å²) in [7, 11) is 0. The van der Waals surface area contributed by atoms with Crippen LogP contribution in [0.15, 0.2) is 30.3 Å². The number of rotatable bonds is 12. The van der Waals surface area contributed by atoms with Gasteiger partial charge in [0, 0.05) is 6.08 Å². The first-order valence-electron chi connectivity index (χ1n) is 8.07. The molecule has 0 amide bonds. The van der Waals surface area contributed by atoms with Gasteiger partial charge in [-0.15, -0.1) is 33.2 Å². The highest BCUT2D eigenvalue weighted by Gasteiger charge is 2.23. The smallest absolute Gasteiger partial charge is 0.341 e. The number of halogens is 3. The second kappa shape index (κ2) is 11.8. The Balaban J connectivity index is 2.06. The van der Waals surface area contributed by atoms with E-state index < -0.39 is 12.0 Å². The van der Waals surface area contributed by atoms with Crippen LogP contribution in [0.25, 0.3) is 6.08 Å². The zero-order valence-electron chi connectivity index (χ0n) is 13.5. The predicted molar refractivity (Wildman–Crippen MR) is 104 cm³/mol. The van der Waals surface area contributed by atoms with Gasteiger partial charge in [-0.05, 0) is 36.2 Å². The summed E-state index contributed by atoms with van der Waals surface area (Å²) in [5.74, 6) is -0.153. The summed E-state index contributed by atoms with van der Waals surface area (Å²) in [4.78, 5) is 10.4. The van der Waals surface area contributed by atoms with Crippen LogP contribution in [0, 0.1) is 0 Å². The zero-order valence-corrected chi connectivity index (χ0v) is 16.8. The molecule has 134 valence electrons. The maximum absolute atomic E-state index is 10.4. The lowest BCUT2D eigenvalue weighted by Gasteiger charge is -2.08. The number of ether oxygens (including phenoxy) is 1. The van der Waals surface area contributed by atoms with Crippen molar-refractivity contribution >= 4 is 51.3 Å². The van der Waals surface area contributed by atoms with Gasteiger partial charge in [-0.2, -0.15) is 0 Å². The molecule has 7 heteroatoms. The van der Waals surface area contributed by atoms with Gasteiger partial charge in [0.1, 0.15) is 5.75 Å². The molecule has 1 aromatic carbocycles. The fourth-order valence-corrected chi connectivity index (χ4v) is 4.02. The first-order chi connectivity index (χ1) is 11.4. The molecular weight excluding hydrogens is 387 g/mol. The highest BCUT2D eigenvalue weighted by atomic mass is 35.8. The van der Waals surface area contributed by atoms with Crippen molar-refractivity contribution in [1.29, 1.82) is 0 Å². The Morgan fingerprint density at radius 1 is 1.00 bits per heavy atom. The third-order valence-corrected chi connectivity index (χ3v) is 6.04. The predicted octanol–water partition coefficient (Wildman–Crippen LogP) is 6.16. The van der Waals surface area contributed by atoms with Crippen molar-refractivity contribution in [3.63, 3.8) is 0 Å².